The molecule has 1 rings (SSSR count). The van der Waals surface area contributed by atoms with E-state index in [-0.39, 0.29) is 12.8 Å². The lowest BCUT2D eigenvalue weighted by molar-refractivity contribution is -0.220. The van der Waals surface area contributed by atoms with Crippen molar-refractivity contribution >= 4 is 19.8 Å². The van der Waals surface area contributed by atoms with Crippen LogP contribution in [0, 0.1) is 0 Å². The lowest BCUT2D eigenvalue weighted by Crippen LogP contribution is -2.64. The Hall–Kier alpha value is -2.19. The van der Waals surface area contributed by atoms with E-state index < -0.39 is 75.7 Å². The van der Waals surface area contributed by atoms with Gasteiger partial charge in [0.15, 0.2) is 6.10 Å². The molecule has 6 atom stereocenters. The molecule has 1 fully saturated rings. The van der Waals surface area contributed by atoms with E-state index >= 15 is 0 Å². The number of aliphatic hydroxyl groups is 5. The summed E-state index contributed by atoms with van der Waals surface area (Å²) in [5, 5.41) is 50.4. The quantitative estimate of drug-likeness (QED) is 0.0145. The Balaban J connectivity index is 2.35. The summed E-state index contributed by atoms with van der Waals surface area (Å²) in [6.45, 7) is 3.30. The van der Waals surface area contributed by atoms with Gasteiger partial charge in [-0.1, -0.05) is 204 Å². The molecule has 0 radical (unpaired) electrons. The standard InChI is InChI=1S/C57H103O13P/c1-3-5-7-9-11-13-15-17-19-21-23-24-25-26-28-30-32-34-36-38-40-42-44-46-51(59)69-49(48-68-71(65,66)70-57-55(63)53(61)52(60)54(62)56(57)64)47-67-50(58)45-43-41-39-37-35-33-31-29-27-22-20-18-16-14-12-10-8-6-4-2/h12,14-15,17-18,20-21,23,49,52-57,60-64H,3-11,13,16,19,22,24-48H2,1-2H3,(H,65,66)/b14-12-,17-15-,20-18-,23-21-. The van der Waals surface area contributed by atoms with E-state index in [1.54, 1.807) is 0 Å². The Morgan fingerprint density at radius 1 is 0.437 bits per heavy atom. The molecule has 0 spiro atoms. The zero-order valence-electron chi connectivity index (χ0n) is 44.5. The van der Waals surface area contributed by atoms with E-state index in [9.17, 15) is 44.6 Å². The Morgan fingerprint density at radius 2 is 0.761 bits per heavy atom. The summed E-state index contributed by atoms with van der Waals surface area (Å²) >= 11 is 0. The maximum Gasteiger partial charge on any atom is 0.472 e. The average Bonchev–Trinajstić information content (AvgIpc) is 3.35. The zero-order chi connectivity index (χ0) is 52.1. The van der Waals surface area contributed by atoms with E-state index in [0.29, 0.717) is 12.8 Å². The van der Waals surface area contributed by atoms with Gasteiger partial charge in [-0.15, -0.1) is 0 Å². The number of rotatable bonds is 48. The smallest absolute Gasteiger partial charge is 0.462 e. The van der Waals surface area contributed by atoms with Crippen molar-refractivity contribution in [3.8, 4) is 0 Å². The maximum absolute atomic E-state index is 12.9. The number of carbonyl (C=O) groups excluding carboxylic acids is 2. The van der Waals surface area contributed by atoms with Gasteiger partial charge < -0.3 is 39.9 Å². The molecule has 414 valence electrons. The minimum Gasteiger partial charge on any atom is -0.462 e. The van der Waals surface area contributed by atoms with Crippen LogP contribution in [-0.2, 0) is 32.7 Å². The molecule has 0 aliphatic heterocycles. The SMILES string of the molecule is CCCCC/C=C\C/C=C\CCCCCCCCCCCC(=O)OCC(COP(=O)(O)OC1C(O)C(O)C(O)C(O)C1O)OC(=O)CCCCCCCCCCCCC/C=C\C/C=C\CCCCCCC. The van der Waals surface area contributed by atoms with Crippen molar-refractivity contribution in [3.05, 3.63) is 48.6 Å². The molecule has 13 nitrogen and oxygen atoms in total. The fourth-order valence-corrected chi connectivity index (χ4v) is 9.56. The summed E-state index contributed by atoms with van der Waals surface area (Å²) in [5.41, 5.74) is 0. The molecule has 0 aromatic rings. The minimum atomic E-state index is -5.13. The highest BCUT2D eigenvalue weighted by Gasteiger charge is 2.51. The van der Waals surface area contributed by atoms with Crippen LogP contribution in [0.2, 0.25) is 0 Å². The summed E-state index contributed by atoms with van der Waals surface area (Å²) < 4.78 is 33.7. The van der Waals surface area contributed by atoms with Crippen LogP contribution in [-0.4, -0.2) is 98.3 Å². The third-order valence-electron chi connectivity index (χ3n) is 13.1. The van der Waals surface area contributed by atoms with Crippen molar-refractivity contribution in [2.45, 2.75) is 288 Å². The second kappa shape index (κ2) is 46.3. The van der Waals surface area contributed by atoms with Crippen LogP contribution in [0.1, 0.15) is 245 Å². The van der Waals surface area contributed by atoms with Crippen LogP contribution in [0.5, 0.6) is 0 Å². The van der Waals surface area contributed by atoms with Gasteiger partial charge in [0.2, 0.25) is 0 Å². The minimum absolute atomic E-state index is 0.0933. The van der Waals surface area contributed by atoms with Gasteiger partial charge in [-0.05, 0) is 77.0 Å². The van der Waals surface area contributed by atoms with Crippen LogP contribution in [0.15, 0.2) is 48.6 Å². The Morgan fingerprint density at radius 3 is 1.17 bits per heavy atom. The summed E-state index contributed by atoms with van der Waals surface area (Å²) in [6.07, 6.45) is 44.3. The third-order valence-corrected chi connectivity index (χ3v) is 14.1. The van der Waals surface area contributed by atoms with Crippen molar-refractivity contribution in [2.75, 3.05) is 13.2 Å². The van der Waals surface area contributed by atoms with Crippen molar-refractivity contribution in [1.82, 2.24) is 0 Å². The van der Waals surface area contributed by atoms with Gasteiger partial charge in [-0.2, -0.15) is 0 Å². The first-order chi connectivity index (χ1) is 34.4. The third kappa shape index (κ3) is 38.1. The normalized spacial score (nSPS) is 21.0. The van der Waals surface area contributed by atoms with E-state index in [2.05, 4.69) is 62.5 Å². The molecular formula is C57H103O13P. The van der Waals surface area contributed by atoms with E-state index in [4.69, 9.17) is 18.5 Å². The highest BCUT2D eigenvalue weighted by Crippen LogP contribution is 2.47. The fourth-order valence-electron chi connectivity index (χ4n) is 8.58. The van der Waals surface area contributed by atoms with Crippen LogP contribution in [0.4, 0.5) is 0 Å². The molecule has 0 aromatic carbocycles. The van der Waals surface area contributed by atoms with Gasteiger partial charge in [-0.25, -0.2) is 4.57 Å². The number of unbranched alkanes of at least 4 members (excludes halogenated alkanes) is 28. The van der Waals surface area contributed by atoms with E-state index in [1.165, 1.54) is 128 Å². The van der Waals surface area contributed by atoms with Gasteiger partial charge >= 0.3 is 19.8 Å². The van der Waals surface area contributed by atoms with Crippen LogP contribution < -0.4 is 0 Å². The number of ether oxygens (including phenoxy) is 2. The van der Waals surface area contributed by atoms with Crippen LogP contribution >= 0.6 is 7.82 Å². The fraction of sp³-hybridized carbons (Fsp3) is 0.825. The molecule has 0 bridgehead atoms. The molecule has 1 saturated carbocycles. The molecule has 0 amide bonds. The highest BCUT2D eigenvalue weighted by atomic mass is 31.2. The summed E-state index contributed by atoms with van der Waals surface area (Å²) in [5.74, 6) is -1.10. The summed E-state index contributed by atoms with van der Waals surface area (Å²) in [6, 6.07) is 0. The highest BCUT2D eigenvalue weighted by molar-refractivity contribution is 7.47. The largest absolute Gasteiger partial charge is 0.472 e. The second-order valence-corrected chi connectivity index (χ2v) is 21.2. The summed E-state index contributed by atoms with van der Waals surface area (Å²) in [7, 11) is -5.13. The van der Waals surface area contributed by atoms with Crippen molar-refractivity contribution in [3.63, 3.8) is 0 Å². The monoisotopic (exact) mass is 1030 g/mol. The Kier molecular flexibility index (Phi) is 43.6. The topological polar surface area (TPSA) is 210 Å². The number of carbonyl (C=O) groups is 2. The number of esters is 2. The molecule has 6 unspecified atom stereocenters. The number of phosphoric ester groups is 1. The molecule has 6 N–H and O–H groups in total. The Bertz CT molecular complexity index is 1420. The molecule has 14 heteroatoms. The number of hydrogen-bond acceptors (Lipinski definition) is 12. The van der Waals surface area contributed by atoms with Gasteiger partial charge in [0, 0.05) is 12.8 Å². The first kappa shape index (κ1) is 66.8. The summed E-state index contributed by atoms with van der Waals surface area (Å²) in [4.78, 5) is 36.0. The predicted octanol–water partition coefficient (Wildman–Crippen LogP) is 13.1. The van der Waals surface area contributed by atoms with Gasteiger partial charge in [-0.3, -0.25) is 18.6 Å². The molecular weight excluding hydrogens is 924 g/mol. The first-order valence-corrected chi connectivity index (χ1v) is 29.9. The molecule has 0 heterocycles. The van der Waals surface area contributed by atoms with Crippen molar-refractivity contribution in [2.24, 2.45) is 0 Å². The second-order valence-electron chi connectivity index (χ2n) is 19.8. The van der Waals surface area contributed by atoms with E-state index in [1.807, 2.05) is 0 Å². The molecule has 0 aromatic heterocycles. The van der Waals surface area contributed by atoms with Gasteiger partial charge in [0.05, 0.1) is 6.61 Å². The van der Waals surface area contributed by atoms with Gasteiger partial charge in [0.25, 0.3) is 0 Å². The maximum atomic E-state index is 12.9. The number of allylic oxidation sites excluding steroid dienone is 8. The lowest BCUT2D eigenvalue weighted by atomic mass is 9.85. The number of phosphoric acid groups is 1. The number of aliphatic hydroxyl groups excluding tert-OH is 5. The zero-order valence-corrected chi connectivity index (χ0v) is 45.4. The lowest BCUT2D eigenvalue weighted by Gasteiger charge is -2.41. The van der Waals surface area contributed by atoms with Crippen molar-refractivity contribution in [1.29, 1.82) is 0 Å². The van der Waals surface area contributed by atoms with Crippen LogP contribution in [0.25, 0.3) is 0 Å². The number of hydrogen-bond donors (Lipinski definition) is 6. The van der Waals surface area contributed by atoms with Crippen molar-refractivity contribution < 1.29 is 63.1 Å². The van der Waals surface area contributed by atoms with E-state index in [0.717, 1.165) is 77.0 Å². The van der Waals surface area contributed by atoms with Gasteiger partial charge in [0.1, 0.15) is 43.2 Å². The molecule has 1 aliphatic carbocycles. The average molecular weight is 1030 g/mol. The Labute approximate surface area is 431 Å². The molecule has 71 heavy (non-hydrogen) atoms. The molecule has 1 aliphatic rings. The van der Waals surface area contributed by atoms with Crippen LogP contribution in [0.3, 0.4) is 0 Å². The first-order valence-electron chi connectivity index (χ1n) is 28.4. The molecule has 0 saturated heterocycles. The predicted molar refractivity (Wildman–Crippen MR) is 286 cm³/mol.